The molecule has 0 atom stereocenters. The fourth-order valence-corrected chi connectivity index (χ4v) is 2.52. The molecule has 2 aromatic rings. The zero-order chi connectivity index (χ0) is 15.6. The number of nitrogens with one attached hydrogen (secondary N) is 2. The van der Waals surface area contributed by atoms with Gasteiger partial charge in [-0.15, -0.1) is 0 Å². The first kappa shape index (κ1) is 15.5. The van der Waals surface area contributed by atoms with Crippen LogP contribution < -0.4 is 16.4 Å². The summed E-state index contributed by atoms with van der Waals surface area (Å²) in [6.07, 6.45) is 0.953. The first-order chi connectivity index (χ1) is 9.95. The molecule has 21 heavy (non-hydrogen) atoms. The quantitative estimate of drug-likeness (QED) is 0.585. The zero-order valence-corrected chi connectivity index (χ0v) is 13.8. The summed E-state index contributed by atoms with van der Waals surface area (Å²) >= 11 is 5.06. The molecule has 0 unspecified atom stereocenters. The molecule has 0 spiro atoms. The predicted molar refractivity (Wildman–Crippen MR) is 90.4 cm³/mol. The summed E-state index contributed by atoms with van der Waals surface area (Å²) in [4.78, 5) is 8.91. The van der Waals surface area contributed by atoms with Gasteiger partial charge in [0.2, 0.25) is 0 Å². The van der Waals surface area contributed by atoms with E-state index in [0.717, 1.165) is 47.6 Å². The van der Waals surface area contributed by atoms with Crippen molar-refractivity contribution in [1.82, 2.24) is 25.2 Å². The van der Waals surface area contributed by atoms with Crippen LogP contribution in [0.4, 0.5) is 5.82 Å². The highest BCUT2D eigenvalue weighted by atomic mass is 32.1. The van der Waals surface area contributed by atoms with Gasteiger partial charge in [-0.25, -0.2) is 9.97 Å². The zero-order valence-electron chi connectivity index (χ0n) is 12.9. The smallest absolute Gasteiger partial charge is 0.166 e. The molecule has 7 heteroatoms. The highest BCUT2D eigenvalue weighted by molar-refractivity contribution is 7.80. The summed E-state index contributed by atoms with van der Waals surface area (Å²) in [6.45, 7) is 7.73. The van der Waals surface area contributed by atoms with Crippen molar-refractivity contribution in [3.05, 3.63) is 17.1 Å². The van der Waals surface area contributed by atoms with E-state index in [9.17, 15) is 0 Å². The highest BCUT2D eigenvalue weighted by Crippen LogP contribution is 2.25. The summed E-state index contributed by atoms with van der Waals surface area (Å²) in [6, 6.07) is 0. The summed E-state index contributed by atoms with van der Waals surface area (Å²) in [5, 5.41) is 6.72. The third-order valence-electron chi connectivity index (χ3n) is 3.66. The van der Waals surface area contributed by atoms with Crippen LogP contribution >= 0.6 is 12.2 Å². The Balaban J connectivity index is 2.23. The van der Waals surface area contributed by atoms with Gasteiger partial charge in [-0.3, -0.25) is 0 Å². The molecule has 0 radical (unpaired) electrons. The summed E-state index contributed by atoms with van der Waals surface area (Å²) in [5.41, 5.74) is 9.98. The van der Waals surface area contributed by atoms with E-state index in [-0.39, 0.29) is 0 Å². The van der Waals surface area contributed by atoms with Gasteiger partial charge in [0.1, 0.15) is 11.3 Å². The van der Waals surface area contributed by atoms with Crippen LogP contribution in [0.15, 0.2) is 0 Å². The molecule has 0 amide bonds. The summed E-state index contributed by atoms with van der Waals surface area (Å²) in [7, 11) is 1.81. The molecule has 0 aliphatic heterocycles. The molecular weight excluding hydrogens is 284 g/mol. The van der Waals surface area contributed by atoms with Crippen molar-refractivity contribution in [2.24, 2.45) is 0 Å². The number of rotatable bonds is 4. The SMILES string of the molecule is CNC(=S)NCCCn1c(C)nc2c(N)nc(C)c(C)c21. The van der Waals surface area contributed by atoms with Crippen molar-refractivity contribution in [3.8, 4) is 0 Å². The molecule has 0 fully saturated rings. The molecule has 0 saturated heterocycles. The maximum Gasteiger partial charge on any atom is 0.166 e. The number of hydrogen-bond donors (Lipinski definition) is 3. The molecule has 6 nitrogen and oxygen atoms in total. The van der Waals surface area contributed by atoms with Crippen LogP contribution in [0.1, 0.15) is 23.5 Å². The molecule has 2 rings (SSSR count). The van der Waals surface area contributed by atoms with E-state index in [1.807, 2.05) is 20.9 Å². The molecule has 0 bridgehead atoms. The molecule has 0 aromatic carbocycles. The number of nitrogens with zero attached hydrogens (tertiary/aromatic N) is 3. The fourth-order valence-electron chi connectivity index (χ4n) is 2.41. The van der Waals surface area contributed by atoms with Crippen LogP contribution in [0.3, 0.4) is 0 Å². The van der Waals surface area contributed by atoms with Gasteiger partial charge in [0.05, 0.1) is 5.52 Å². The Bertz CT molecular complexity index is 676. The average Bonchev–Trinajstić information content (AvgIpc) is 2.78. The van der Waals surface area contributed by atoms with E-state index in [1.54, 1.807) is 0 Å². The van der Waals surface area contributed by atoms with E-state index in [0.29, 0.717) is 10.9 Å². The van der Waals surface area contributed by atoms with Crippen LogP contribution in [-0.2, 0) is 6.54 Å². The monoisotopic (exact) mass is 306 g/mol. The second-order valence-corrected chi connectivity index (χ2v) is 5.48. The molecule has 0 aliphatic carbocycles. The third kappa shape index (κ3) is 3.07. The lowest BCUT2D eigenvalue weighted by molar-refractivity contribution is 0.628. The number of hydrogen-bond acceptors (Lipinski definition) is 4. The number of thiocarbonyl (C=S) groups is 1. The standard InChI is InChI=1S/C14H22N6S/c1-8-9(2)18-13(15)11-12(8)20(10(3)19-11)7-5-6-17-14(21)16-4/h5-7H2,1-4H3,(H2,15,18)(H2,16,17,21). The topological polar surface area (TPSA) is 80.8 Å². The number of aryl methyl sites for hydroxylation is 4. The lowest BCUT2D eigenvalue weighted by atomic mass is 10.2. The number of fused-ring (bicyclic) bond motifs is 1. The first-order valence-corrected chi connectivity index (χ1v) is 7.41. The molecule has 2 aromatic heterocycles. The number of aromatic nitrogens is 3. The number of nitrogens with two attached hydrogens (primary N) is 1. The van der Waals surface area contributed by atoms with E-state index < -0.39 is 0 Å². The predicted octanol–water partition coefficient (Wildman–Crippen LogP) is 1.42. The number of imidazole rings is 1. The first-order valence-electron chi connectivity index (χ1n) is 7.00. The van der Waals surface area contributed by atoms with Crippen LogP contribution in [-0.4, -0.2) is 33.2 Å². The second kappa shape index (κ2) is 6.26. The van der Waals surface area contributed by atoms with Gasteiger partial charge in [-0.2, -0.15) is 0 Å². The third-order valence-corrected chi connectivity index (χ3v) is 4.01. The van der Waals surface area contributed by atoms with Crippen molar-refractivity contribution >= 4 is 34.2 Å². The molecule has 4 N–H and O–H groups in total. The second-order valence-electron chi connectivity index (χ2n) is 5.07. The Morgan fingerprint density at radius 3 is 2.67 bits per heavy atom. The maximum atomic E-state index is 6.00. The Morgan fingerprint density at radius 1 is 1.29 bits per heavy atom. The average molecular weight is 306 g/mol. The molecule has 0 saturated carbocycles. The van der Waals surface area contributed by atoms with E-state index >= 15 is 0 Å². The molecular formula is C14H22N6S. The number of nitrogen functional groups attached to an aromatic ring is 1. The summed E-state index contributed by atoms with van der Waals surface area (Å²) < 4.78 is 2.21. The van der Waals surface area contributed by atoms with E-state index in [1.165, 1.54) is 0 Å². The molecule has 0 aliphatic rings. The van der Waals surface area contributed by atoms with Gasteiger partial charge in [0.15, 0.2) is 10.9 Å². The van der Waals surface area contributed by atoms with Crippen LogP contribution in [0, 0.1) is 20.8 Å². The van der Waals surface area contributed by atoms with Crippen LogP contribution in [0.25, 0.3) is 11.0 Å². The molecule has 114 valence electrons. The highest BCUT2D eigenvalue weighted by Gasteiger charge is 2.15. The van der Waals surface area contributed by atoms with Crippen molar-refractivity contribution < 1.29 is 0 Å². The fraction of sp³-hybridized carbons (Fsp3) is 0.500. The lowest BCUT2D eigenvalue weighted by Crippen LogP contribution is -2.33. The summed E-state index contributed by atoms with van der Waals surface area (Å²) in [5.74, 6) is 1.47. The lowest BCUT2D eigenvalue weighted by Gasteiger charge is -2.11. The van der Waals surface area contributed by atoms with E-state index in [4.69, 9.17) is 18.0 Å². The van der Waals surface area contributed by atoms with Gasteiger partial charge >= 0.3 is 0 Å². The van der Waals surface area contributed by atoms with Crippen LogP contribution in [0.2, 0.25) is 0 Å². The van der Waals surface area contributed by atoms with E-state index in [2.05, 4.69) is 32.1 Å². The van der Waals surface area contributed by atoms with Gasteiger partial charge in [0.25, 0.3) is 0 Å². The maximum absolute atomic E-state index is 6.00. The Labute approximate surface area is 130 Å². The minimum atomic E-state index is 0.504. The van der Waals surface area contributed by atoms with Gasteiger partial charge < -0.3 is 20.9 Å². The number of pyridine rings is 1. The van der Waals surface area contributed by atoms with Crippen molar-refractivity contribution in [1.29, 1.82) is 0 Å². The largest absolute Gasteiger partial charge is 0.382 e. The van der Waals surface area contributed by atoms with Gasteiger partial charge in [-0.05, 0) is 45.0 Å². The van der Waals surface area contributed by atoms with Gasteiger partial charge in [-0.1, -0.05) is 0 Å². The van der Waals surface area contributed by atoms with Gasteiger partial charge in [0, 0.05) is 25.8 Å². The molecule has 2 heterocycles. The Hall–Kier alpha value is -1.89. The normalized spacial score (nSPS) is 10.9. The minimum Gasteiger partial charge on any atom is -0.382 e. The number of anilines is 1. The van der Waals surface area contributed by atoms with Crippen molar-refractivity contribution in [2.75, 3.05) is 19.3 Å². The van der Waals surface area contributed by atoms with Crippen LogP contribution in [0.5, 0.6) is 0 Å². The Morgan fingerprint density at radius 2 is 2.00 bits per heavy atom. The van der Waals surface area contributed by atoms with Crippen molar-refractivity contribution in [3.63, 3.8) is 0 Å². The Kier molecular flexibility index (Phi) is 4.62. The van der Waals surface area contributed by atoms with Crippen molar-refractivity contribution in [2.45, 2.75) is 33.7 Å². The minimum absolute atomic E-state index is 0.504.